The van der Waals surface area contributed by atoms with Crippen LogP contribution in [0.1, 0.15) is 17.5 Å². The Morgan fingerprint density at radius 3 is 2.42 bits per heavy atom. The average Bonchev–Trinajstić information content (AvgIpc) is 2.86. The van der Waals surface area contributed by atoms with E-state index in [4.69, 9.17) is 9.47 Å². The van der Waals surface area contributed by atoms with Gasteiger partial charge in [0.2, 0.25) is 0 Å². The third-order valence-electron chi connectivity index (χ3n) is 6.73. The zero-order valence-electron chi connectivity index (χ0n) is 18.3. The SMILES string of the molecule is O=C(OCc1ccccc1)N1C2C=C(c3cc4ccccc4c4ccccc34)CC1COC2. The monoisotopic (exact) mass is 435 g/mol. The molecule has 1 fully saturated rings. The molecule has 6 rings (SSSR count). The summed E-state index contributed by atoms with van der Waals surface area (Å²) in [5, 5.41) is 5.01. The predicted molar refractivity (Wildman–Crippen MR) is 131 cm³/mol. The van der Waals surface area contributed by atoms with Crippen LogP contribution in [0.15, 0.2) is 91.0 Å². The Bertz CT molecular complexity index is 1360. The fraction of sp³-hybridized carbons (Fsp3) is 0.207. The molecule has 2 bridgehead atoms. The van der Waals surface area contributed by atoms with Gasteiger partial charge >= 0.3 is 6.09 Å². The summed E-state index contributed by atoms with van der Waals surface area (Å²) in [5.74, 6) is 0. The highest BCUT2D eigenvalue weighted by molar-refractivity contribution is 6.12. The van der Waals surface area contributed by atoms with E-state index in [1.807, 2.05) is 35.2 Å². The van der Waals surface area contributed by atoms with Crippen molar-refractivity contribution in [3.05, 3.63) is 102 Å². The summed E-state index contributed by atoms with van der Waals surface area (Å²) >= 11 is 0. The number of amides is 1. The van der Waals surface area contributed by atoms with Crippen LogP contribution in [-0.2, 0) is 16.1 Å². The van der Waals surface area contributed by atoms with E-state index in [-0.39, 0.29) is 24.8 Å². The first-order chi connectivity index (χ1) is 16.3. The minimum absolute atomic E-state index is 0.0303. The van der Waals surface area contributed by atoms with E-state index in [1.165, 1.54) is 32.7 Å². The summed E-state index contributed by atoms with van der Waals surface area (Å²) in [6.07, 6.45) is 2.69. The Hall–Kier alpha value is -3.63. The van der Waals surface area contributed by atoms with Crippen molar-refractivity contribution in [1.29, 1.82) is 0 Å². The zero-order valence-corrected chi connectivity index (χ0v) is 18.3. The number of ether oxygens (including phenoxy) is 2. The maximum Gasteiger partial charge on any atom is 0.411 e. The Labute approximate surface area is 193 Å². The van der Waals surface area contributed by atoms with Gasteiger partial charge in [0.1, 0.15) is 6.61 Å². The molecule has 1 saturated heterocycles. The lowest BCUT2D eigenvalue weighted by Crippen LogP contribution is -2.56. The van der Waals surface area contributed by atoms with E-state index >= 15 is 0 Å². The molecule has 4 heteroatoms. The smallest absolute Gasteiger partial charge is 0.411 e. The van der Waals surface area contributed by atoms with E-state index in [9.17, 15) is 4.79 Å². The quantitative estimate of drug-likeness (QED) is 0.360. The van der Waals surface area contributed by atoms with E-state index in [0.29, 0.717) is 13.2 Å². The molecule has 4 aromatic carbocycles. The van der Waals surface area contributed by atoms with Crippen LogP contribution in [0.3, 0.4) is 0 Å². The van der Waals surface area contributed by atoms with Gasteiger partial charge in [0.15, 0.2) is 0 Å². The molecule has 4 nitrogen and oxygen atoms in total. The fourth-order valence-electron chi connectivity index (χ4n) is 5.19. The normalized spacial score (nSPS) is 20.0. The Kier molecular flexibility index (Phi) is 5.08. The van der Waals surface area contributed by atoms with E-state index in [2.05, 4.69) is 60.7 Å². The largest absolute Gasteiger partial charge is 0.445 e. The molecule has 0 N–H and O–H groups in total. The molecule has 0 aliphatic carbocycles. The number of hydrogen-bond acceptors (Lipinski definition) is 3. The lowest BCUT2D eigenvalue weighted by atomic mass is 9.86. The summed E-state index contributed by atoms with van der Waals surface area (Å²) in [4.78, 5) is 14.9. The van der Waals surface area contributed by atoms with Gasteiger partial charge in [0.05, 0.1) is 25.3 Å². The first-order valence-electron chi connectivity index (χ1n) is 11.5. The summed E-state index contributed by atoms with van der Waals surface area (Å²) in [7, 11) is 0. The molecule has 0 saturated carbocycles. The molecule has 2 aliphatic rings. The summed E-state index contributed by atoms with van der Waals surface area (Å²) < 4.78 is 11.5. The second kappa shape index (κ2) is 8.38. The van der Waals surface area contributed by atoms with Gasteiger partial charge in [-0.1, -0.05) is 84.9 Å². The van der Waals surface area contributed by atoms with Gasteiger partial charge < -0.3 is 9.47 Å². The number of carbonyl (C=O) groups excluding carboxylic acids is 1. The minimum atomic E-state index is -0.268. The number of fused-ring (bicyclic) bond motifs is 5. The molecular weight excluding hydrogens is 410 g/mol. The van der Waals surface area contributed by atoms with Crippen molar-refractivity contribution in [2.75, 3.05) is 13.2 Å². The van der Waals surface area contributed by atoms with E-state index in [1.54, 1.807) is 0 Å². The fourth-order valence-corrected chi connectivity index (χ4v) is 5.19. The molecular formula is C29H25NO3. The van der Waals surface area contributed by atoms with E-state index in [0.717, 1.165) is 12.0 Å². The molecule has 2 unspecified atom stereocenters. The number of carbonyl (C=O) groups is 1. The molecule has 164 valence electrons. The van der Waals surface area contributed by atoms with Crippen molar-refractivity contribution >= 4 is 33.2 Å². The second-order valence-electron chi connectivity index (χ2n) is 8.79. The predicted octanol–water partition coefficient (Wildman–Crippen LogP) is 6.19. The van der Waals surface area contributed by atoms with Crippen LogP contribution in [0.5, 0.6) is 0 Å². The minimum Gasteiger partial charge on any atom is -0.445 e. The van der Waals surface area contributed by atoms with Gasteiger partial charge in [0.25, 0.3) is 0 Å². The summed E-state index contributed by atoms with van der Waals surface area (Å²) in [6, 6.07) is 29.1. The highest BCUT2D eigenvalue weighted by atomic mass is 16.6. The van der Waals surface area contributed by atoms with Gasteiger partial charge in [-0.3, -0.25) is 4.90 Å². The molecule has 2 heterocycles. The number of benzene rings is 4. The summed E-state index contributed by atoms with van der Waals surface area (Å²) in [6.45, 7) is 1.30. The van der Waals surface area contributed by atoms with Crippen molar-refractivity contribution in [3.63, 3.8) is 0 Å². The van der Waals surface area contributed by atoms with Gasteiger partial charge in [-0.15, -0.1) is 0 Å². The lowest BCUT2D eigenvalue weighted by molar-refractivity contribution is -0.0342. The van der Waals surface area contributed by atoms with Crippen LogP contribution >= 0.6 is 0 Å². The third-order valence-corrected chi connectivity index (χ3v) is 6.73. The Morgan fingerprint density at radius 2 is 1.61 bits per heavy atom. The molecule has 4 aromatic rings. The number of hydrogen-bond donors (Lipinski definition) is 0. The first-order valence-corrected chi connectivity index (χ1v) is 11.5. The molecule has 33 heavy (non-hydrogen) atoms. The van der Waals surface area contributed by atoms with Gasteiger partial charge in [-0.05, 0) is 50.7 Å². The highest BCUT2D eigenvalue weighted by Crippen LogP contribution is 2.38. The highest BCUT2D eigenvalue weighted by Gasteiger charge is 2.39. The van der Waals surface area contributed by atoms with Crippen LogP contribution < -0.4 is 0 Å². The van der Waals surface area contributed by atoms with Crippen molar-refractivity contribution in [1.82, 2.24) is 4.90 Å². The van der Waals surface area contributed by atoms with Crippen molar-refractivity contribution in [2.45, 2.75) is 25.1 Å². The molecule has 2 aliphatic heterocycles. The standard InChI is InChI=1S/C29H25NO3/c31-29(33-17-20-8-2-1-3-9-20)30-23-14-22(15-24(30)19-32-18-23)28-16-21-10-4-5-11-25(21)26-12-6-7-13-27(26)28/h1-14,16,23-24H,15,17-19H2. The van der Waals surface area contributed by atoms with E-state index < -0.39 is 0 Å². The van der Waals surface area contributed by atoms with Crippen molar-refractivity contribution in [2.24, 2.45) is 0 Å². The van der Waals surface area contributed by atoms with Crippen LogP contribution in [-0.4, -0.2) is 36.3 Å². The lowest BCUT2D eigenvalue weighted by Gasteiger charge is -2.44. The van der Waals surface area contributed by atoms with Crippen LogP contribution in [0.25, 0.3) is 27.1 Å². The van der Waals surface area contributed by atoms with Crippen molar-refractivity contribution in [3.8, 4) is 0 Å². The molecule has 0 spiro atoms. The Morgan fingerprint density at radius 1 is 0.879 bits per heavy atom. The first kappa shape index (κ1) is 20.0. The maximum atomic E-state index is 13.0. The topological polar surface area (TPSA) is 38.8 Å². The van der Waals surface area contributed by atoms with Crippen LogP contribution in [0.4, 0.5) is 4.79 Å². The average molecular weight is 436 g/mol. The van der Waals surface area contributed by atoms with Gasteiger partial charge in [-0.2, -0.15) is 0 Å². The molecule has 0 aromatic heterocycles. The van der Waals surface area contributed by atoms with Gasteiger partial charge in [-0.25, -0.2) is 4.79 Å². The maximum absolute atomic E-state index is 13.0. The summed E-state index contributed by atoms with van der Waals surface area (Å²) in [5.41, 5.74) is 3.52. The number of morpholine rings is 1. The zero-order chi connectivity index (χ0) is 22.2. The Balaban J connectivity index is 1.34. The van der Waals surface area contributed by atoms with Crippen LogP contribution in [0, 0.1) is 0 Å². The van der Waals surface area contributed by atoms with Crippen molar-refractivity contribution < 1.29 is 14.3 Å². The number of nitrogens with zero attached hydrogens (tertiary/aromatic N) is 1. The third kappa shape index (κ3) is 3.66. The van der Waals surface area contributed by atoms with Gasteiger partial charge in [0, 0.05) is 0 Å². The second-order valence-corrected chi connectivity index (χ2v) is 8.79. The van der Waals surface area contributed by atoms with Crippen LogP contribution in [0.2, 0.25) is 0 Å². The number of rotatable bonds is 3. The molecule has 2 atom stereocenters. The molecule has 1 amide bonds. The molecule has 0 radical (unpaired) electrons.